The topological polar surface area (TPSA) is 79.2 Å². The summed E-state index contributed by atoms with van der Waals surface area (Å²) in [5, 5.41) is 29.8. The Morgan fingerprint density at radius 2 is 1.72 bits per heavy atom. The zero-order valence-corrected chi connectivity index (χ0v) is 15.8. The average Bonchev–Trinajstić information content (AvgIpc) is 3.03. The number of alkyl halides is 2. The van der Waals surface area contributed by atoms with E-state index < -0.39 is 37.1 Å². The Balaban J connectivity index is 1.56. The number of benzene rings is 2. The van der Waals surface area contributed by atoms with Crippen LogP contribution in [0.25, 0.3) is 0 Å². The quantitative estimate of drug-likeness (QED) is 0.710. The maximum absolute atomic E-state index is 12.5. The van der Waals surface area contributed by atoms with Gasteiger partial charge in [-0.2, -0.15) is 0 Å². The summed E-state index contributed by atoms with van der Waals surface area (Å²) in [6.07, 6.45) is -5.12. The standard InChI is InChI=1S/C22H24F2O5/c23-20(24)9-14-3-1-13(2-4-14)7-15-5-6-16-12-28-22(17(16)8-15)10-18(26)21(27)19(11-25)29-22/h1-6,8,18-21,25-27H,7,9-12H2/t18-,19-,21+,22-/m1/s1. The van der Waals surface area contributed by atoms with Crippen molar-refractivity contribution in [1.29, 1.82) is 0 Å². The summed E-state index contributed by atoms with van der Waals surface area (Å²) in [5.74, 6) is -1.20. The van der Waals surface area contributed by atoms with Crippen molar-refractivity contribution in [3.63, 3.8) is 0 Å². The SMILES string of the molecule is OC[C@H]1O[C@@]2(C[C@@H](O)[C@@H]1O)OCc1ccc(Cc3ccc(CC(F)F)cc3)cc12. The molecule has 4 atom stereocenters. The third-order valence-electron chi connectivity index (χ3n) is 5.64. The van der Waals surface area contributed by atoms with Crippen molar-refractivity contribution in [2.24, 2.45) is 0 Å². The molecule has 2 aromatic rings. The first-order chi connectivity index (χ1) is 13.9. The van der Waals surface area contributed by atoms with Crippen LogP contribution in [0.1, 0.15) is 34.2 Å². The van der Waals surface area contributed by atoms with E-state index in [0.29, 0.717) is 18.6 Å². The second kappa shape index (κ2) is 8.08. The van der Waals surface area contributed by atoms with Crippen LogP contribution >= 0.6 is 0 Å². The van der Waals surface area contributed by atoms with Gasteiger partial charge >= 0.3 is 0 Å². The molecule has 1 saturated heterocycles. The first kappa shape index (κ1) is 20.4. The van der Waals surface area contributed by atoms with Crippen LogP contribution in [0, 0.1) is 0 Å². The Bertz CT molecular complexity index is 857. The molecule has 2 heterocycles. The molecule has 1 spiro atoms. The highest BCUT2D eigenvalue weighted by Gasteiger charge is 2.51. The van der Waals surface area contributed by atoms with Crippen LogP contribution in [0.2, 0.25) is 0 Å². The Kier molecular flexibility index (Phi) is 5.68. The van der Waals surface area contributed by atoms with Crippen LogP contribution in [0.4, 0.5) is 8.78 Å². The molecule has 5 nitrogen and oxygen atoms in total. The van der Waals surface area contributed by atoms with E-state index in [1.807, 2.05) is 30.3 Å². The van der Waals surface area contributed by atoms with Crippen LogP contribution in [0.3, 0.4) is 0 Å². The summed E-state index contributed by atoms with van der Waals surface area (Å²) < 4.78 is 36.8. The van der Waals surface area contributed by atoms with Crippen molar-refractivity contribution in [1.82, 2.24) is 0 Å². The molecular formula is C22H24F2O5. The second-order valence-corrected chi connectivity index (χ2v) is 7.72. The van der Waals surface area contributed by atoms with E-state index in [1.165, 1.54) is 0 Å². The Morgan fingerprint density at radius 3 is 2.41 bits per heavy atom. The van der Waals surface area contributed by atoms with E-state index in [9.17, 15) is 24.1 Å². The van der Waals surface area contributed by atoms with Gasteiger partial charge in [0.25, 0.3) is 0 Å². The lowest BCUT2D eigenvalue weighted by atomic mass is 9.88. The van der Waals surface area contributed by atoms with Gasteiger partial charge in [-0.05, 0) is 34.7 Å². The van der Waals surface area contributed by atoms with E-state index in [1.54, 1.807) is 12.1 Å². The van der Waals surface area contributed by atoms with Gasteiger partial charge in [0.1, 0.15) is 12.2 Å². The molecule has 2 aliphatic rings. The van der Waals surface area contributed by atoms with Gasteiger partial charge in [-0.25, -0.2) is 8.78 Å². The number of aliphatic hydroxyl groups is 3. The molecule has 156 valence electrons. The first-order valence-corrected chi connectivity index (χ1v) is 9.67. The molecule has 2 aromatic carbocycles. The summed E-state index contributed by atoms with van der Waals surface area (Å²) in [5.41, 5.74) is 4.29. The second-order valence-electron chi connectivity index (χ2n) is 7.72. The average molecular weight is 406 g/mol. The van der Waals surface area contributed by atoms with Crippen molar-refractivity contribution in [2.45, 2.75) is 56.4 Å². The number of aliphatic hydroxyl groups excluding tert-OH is 3. The molecule has 0 aromatic heterocycles. The van der Waals surface area contributed by atoms with E-state index >= 15 is 0 Å². The van der Waals surface area contributed by atoms with Gasteiger partial charge in [-0.3, -0.25) is 0 Å². The van der Waals surface area contributed by atoms with E-state index in [4.69, 9.17) is 9.47 Å². The van der Waals surface area contributed by atoms with Gasteiger partial charge in [0, 0.05) is 18.4 Å². The Labute approximate surface area is 167 Å². The monoisotopic (exact) mass is 406 g/mol. The molecule has 0 amide bonds. The van der Waals surface area contributed by atoms with Gasteiger partial charge in [-0.1, -0.05) is 36.4 Å². The van der Waals surface area contributed by atoms with Gasteiger partial charge in [-0.15, -0.1) is 0 Å². The largest absolute Gasteiger partial charge is 0.394 e. The van der Waals surface area contributed by atoms with Crippen LogP contribution in [-0.2, 0) is 34.7 Å². The predicted octanol–water partition coefficient (Wildman–Crippen LogP) is 2.27. The fraction of sp³-hybridized carbons (Fsp3) is 0.455. The lowest BCUT2D eigenvalue weighted by Crippen LogP contribution is -2.54. The van der Waals surface area contributed by atoms with E-state index in [2.05, 4.69) is 0 Å². The first-order valence-electron chi connectivity index (χ1n) is 9.67. The summed E-state index contributed by atoms with van der Waals surface area (Å²) in [6, 6.07) is 13.0. The van der Waals surface area contributed by atoms with E-state index in [-0.39, 0.29) is 12.8 Å². The van der Waals surface area contributed by atoms with Crippen LogP contribution < -0.4 is 0 Å². The number of rotatable bonds is 5. The highest BCUT2D eigenvalue weighted by Crippen LogP contribution is 2.45. The van der Waals surface area contributed by atoms with Gasteiger partial charge in [0.15, 0.2) is 5.79 Å². The molecular weight excluding hydrogens is 382 g/mol. The molecule has 2 aliphatic heterocycles. The van der Waals surface area contributed by atoms with Crippen molar-refractivity contribution < 1.29 is 33.6 Å². The molecule has 1 fully saturated rings. The molecule has 0 saturated carbocycles. The minimum absolute atomic E-state index is 0.0729. The third kappa shape index (κ3) is 4.06. The zero-order chi connectivity index (χ0) is 20.6. The van der Waals surface area contributed by atoms with Gasteiger partial charge in [0.2, 0.25) is 6.43 Å². The fourth-order valence-electron chi connectivity index (χ4n) is 4.11. The maximum atomic E-state index is 12.5. The normalized spacial score (nSPS) is 28.8. The molecule has 3 N–H and O–H groups in total. The number of fused-ring (bicyclic) bond motifs is 2. The van der Waals surface area contributed by atoms with Crippen LogP contribution in [-0.4, -0.2) is 46.7 Å². The summed E-state index contributed by atoms with van der Waals surface area (Å²) >= 11 is 0. The van der Waals surface area contributed by atoms with Gasteiger partial charge < -0.3 is 24.8 Å². The molecule has 0 radical (unpaired) electrons. The number of ether oxygens (including phenoxy) is 2. The summed E-state index contributed by atoms with van der Waals surface area (Å²) in [7, 11) is 0. The smallest absolute Gasteiger partial charge is 0.242 e. The van der Waals surface area contributed by atoms with E-state index in [0.717, 1.165) is 22.3 Å². The molecule has 4 rings (SSSR count). The van der Waals surface area contributed by atoms with Crippen molar-refractivity contribution in [3.05, 3.63) is 70.3 Å². The van der Waals surface area contributed by atoms with Crippen molar-refractivity contribution in [2.75, 3.05) is 6.61 Å². The lowest BCUT2D eigenvalue weighted by molar-refractivity contribution is -0.326. The highest BCUT2D eigenvalue weighted by atomic mass is 19.3. The Hall–Kier alpha value is -1.90. The highest BCUT2D eigenvalue weighted by molar-refractivity contribution is 5.40. The summed E-state index contributed by atoms with van der Waals surface area (Å²) in [6.45, 7) is -0.109. The minimum atomic E-state index is -2.36. The number of halogens is 2. The minimum Gasteiger partial charge on any atom is -0.394 e. The molecule has 0 aliphatic carbocycles. The molecule has 29 heavy (non-hydrogen) atoms. The number of hydrogen-bond acceptors (Lipinski definition) is 5. The van der Waals surface area contributed by atoms with Crippen molar-refractivity contribution >= 4 is 0 Å². The molecule has 0 unspecified atom stereocenters. The van der Waals surface area contributed by atoms with Crippen LogP contribution in [0.5, 0.6) is 0 Å². The Morgan fingerprint density at radius 1 is 1.03 bits per heavy atom. The van der Waals surface area contributed by atoms with Crippen LogP contribution in [0.15, 0.2) is 42.5 Å². The maximum Gasteiger partial charge on any atom is 0.242 e. The molecule has 0 bridgehead atoms. The fourth-order valence-corrected chi connectivity index (χ4v) is 4.11. The van der Waals surface area contributed by atoms with Crippen molar-refractivity contribution in [3.8, 4) is 0 Å². The third-order valence-corrected chi connectivity index (χ3v) is 5.64. The lowest BCUT2D eigenvalue weighted by Gasteiger charge is -2.42. The van der Waals surface area contributed by atoms with Gasteiger partial charge in [0.05, 0.1) is 19.3 Å². The molecule has 7 heteroatoms. The zero-order valence-electron chi connectivity index (χ0n) is 15.8. The predicted molar refractivity (Wildman–Crippen MR) is 100 cm³/mol. The number of hydrogen-bond donors (Lipinski definition) is 3. The summed E-state index contributed by atoms with van der Waals surface area (Å²) in [4.78, 5) is 0.